The van der Waals surface area contributed by atoms with Gasteiger partial charge in [0.1, 0.15) is 18.1 Å². The SMILES string of the molecule is CCC(C)C(NC(=O)C(Cc1ccccc1)NC(=O)C(N)CC(N)=O)C(=O)NC(C(=O)O)C(C)C. The molecule has 1 rings (SSSR count). The van der Waals surface area contributed by atoms with Gasteiger partial charge in [-0.15, -0.1) is 0 Å². The number of rotatable bonds is 14. The van der Waals surface area contributed by atoms with Crippen molar-refractivity contribution in [1.82, 2.24) is 16.0 Å². The second-order valence-electron chi connectivity index (χ2n) is 8.97. The van der Waals surface area contributed by atoms with Crippen LogP contribution in [0.5, 0.6) is 0 Å². The largest absolute Gasteiger partial charge is 0.480 e. The van der Waals surface area contributed by atoms with Gasteiger partial charge in [-0.3, -0.25) is 19.2 Å². The summed E-state index contributed by atoms with van der Waals surface area (Å²) in [5, 5.41) is 17.1. The van der Waals surface area contributed by atoms with E-state index in [1.54, 1.807) is 51.1 Å². The molecule has 8 N–H and O–H groups in total. The lowest BCUT2D eigenvalue weighted by Gasteiger charge is -2.29. The fraction of sp³-hybridized carbons (Fsp3) is 0.542. The topological polar surface area (TPSA) is 194 Å². The normalized spacial score (nSPS) is 15.3. The van der Waals surface area contributed by atoms with Crippen LogP contribution < -0.4 is 27.4 Å². The third kappa shape index (κ3) is 9.73. The molecule has 0 fully saturated rings. The minimum atomic E-state index is -1.24. The van der Waals surface area contributed by atoms with Gasteiger partial charge in [0, 0.05) is 6.42 Å². The molecule has 0 saturated heterocycles. The van der Waals surface area contributed by atoms with Crippen LogP contribution >= 0.6 is 0 Å². The molecule has 0 spiro atoms. The lowest BCUT2D eigenvalue weighted by molar-refractivity contribution is -0.144. The molecular formula is C24H37N5O6. The van der Waals surface area contributed by atoms with Crippen LogP contribution in [-0.4, -0.2) is 58.9 Å². The standard InChI is InChI=1S/C24H37N5O6/c1-5-14(4)20(23(33)28-19(13(2)3)24(34)35)29-22(32)17(11-15-9-7-6-8-10-15)27-21(31)16(25)12-18(26)30/h6-10,13-14,16-17,19-20H,5,11-12,25H2,1-4H3,(H2,26,30)(H,27,31)(H,28,33)(H,29,32)(H,34,35). The zero-order valence-corrected chi connectivity index (χ0v) is 20.6. The van der Waals surface area contributed by atoms with Gasteiger partial charge in [0.05, 0.1) is 12.5 Å². The van der Waals surface area contributed by atoms with Crippen molar-refractivity contribution in [2.24, 2.45) is 23.3 Å². The van der Waals surface area contributed by atoms with Crippen LogP contribution in [0.25, 0.3) is 0 Å². The number of carboxylic acids is 1. The van der Waals surface area contributed by atoms with Gasteiger partial charge in [-0.25, -0.2) is 4.79 Å². The number of carboxylic acid groups (broad SMARTS) is 1. The minimum absolute atomic E-state index is 0.0975. The molecule has 5 unspecified atom stereocenters. The summed E-state index contributed by atoms with van der Waals surface area (Å²) < 4.78 is 0. The molecule has 35 heavy (non-hydrogen) atoms. The summed E-state index contributed by atoms with van der Waals surface area (Å²) in [6.45, 7) is 6.91. The fourth-order valence-electron chi connectivity index (χ4n) is 3.36. The summed E-state index contributed by atoms with van der Waals surface area (Å²) in [6, 6.07) is 4.38. The van der Waals surface area contributed by atoms with Crippen molar-refractivity contribution >= 4 is 29.6 Å². The van der Waals surface area contributed by atoms with E-state index in [0.717, 1.165) is 5.56 Å². The van der Waals surface area contributed by atoms with Crippen LogP contribution in [0.15, 0.2) is 30.3 Å². The summed E-state index contributed by atoms with van der Waals surface area (Å²) in [6.07, 6.45) is 0.229. The van der Waals surface area contributed by atoms with Crippen molar-refractivity contribution in [3.8, 4) is 0 Å². The molecule has 5 atom stereocenters. The molecule has 0 radical (unpaired) electrons. The molecule has 1 aromatic carbocycles. The molecule has 11 heteroatoms. The number of hydrogen-bond acceptors (Lipinski definition) is 6. The van der Waals surface area contributed by atoms with Gasteiger partial charge >= 0.3 is 5.97 Å². The molecule has 11 nitrogen and oxygen atoms in total. The summed E-state index contributed by atoms with van der Waals surface area (Å²) >= 11 is 0. The third-order valence-corrected chi connectivity index (χ3v) is 5.70. The highest BCUT2D eigenvalue weighted by Gasteiger charge is 2.33. The van der Waals surface area contributed by atoms with E-state index in [0.29, 0.717) is 6.42 Å². The van der Waals surface area contributed by atoms with Crippen LogP contribution in [0.3, 0.4) is 0 Å². The van der Waals surface area contributed by atoms with Crippen molar-refractivity contribution in [3.05, 3.63) is 35.9 Å². The highest BCUT2D eigenvalue weighted by molar-refractivity contribution is 5.95. The zero-order chi connectivity index (χ0) is 26.7. The van der Waals surface area contributed by atoms with Crippen molar-refractivity contribution in [1.29, 1.82) is 0 Å². The smallest absolute Gasteiger partial charge is 0.326 e. The lowest BCUT2D eigenvalue weighted by Crippen LogP contribution is -2.59. The molecule has 4 amide bonds. The molecule has 0 aliphatic carbocycles. The number of amides is 4. The second-order valence-corrected chi connectivity index (χ2v) is 8.97. The number of hydrogen-bond donors (Lipinski definition) is 6. The molecule has 0 aliphatic rings. The van der Waals surface area contributed by atoms with Gasteiger partial charge in [0.25, 0.3) is 0 Å². The maximum absolute atomic E-state index is 13.3. The van der Waals surface area contributed by atoms with Crippen LogP contribution in [0, 0.1) is 11.8 Å². The maximum atomic E-state index is 13.3. The third-order valence-electron chi connectivity index (χ3n) is 5.70. The van der Waals surface area contributed by atoms with Gasteiger partial charge in [-0.2, -0.15) is 0 Å². The first-order valence-electron chi connectivity index (χ1n) is 11.6. The van der Waals surface area contributed by atoms with Crippen LogP contribution in [0.1, 0.15) is 46.1 Å². The van der Waals surface area contributed by atoms with Crippen molar-refractivity contribution in [2.75, 3.05) is 0 Å². The average molecular weight is 492 g/mol. The molecule has 0 heterocycles. The second kappa shape index (κ2) is 14.1. The first-order valence-corrected chi connectivity index (χ1v) is 11.6. The summed E-state index contributed by atoms with van der Waals surface area (Å²) in [4.78, 5) is 61.4. The van der Waals surface area contributed by atoms with E-state index in [2.05, 4.69) is 16.0 Å². The number of nitrogens with one attached hydrogen (secondary N) is 3. The predicted octanol–water partition coefficient (Wildman–Crippen LogP) is -0.327. The Morgan fingerprint density at radius 3 is 1.94 bits per heavy atom. The Bertz CT molecular complexity index is 892. The highest BCUT2D eigenvalue weighted by Crippen LogP contribution is 2.12. The average Bonchev–Trinajstić information content (AvgIpc) is 2.79. The number of nitrogens with two attached hydrogens (primary N) is 2. The van der Waals surface area contributed by atoms with Crippen LogP contribution in [0.2, 0.25) is 0 Å². The van der Waals surface area contributed by atoms with Gasteiger partial charge in [-0.05, 0) is 17.4 Å². The van der Waals surface area contributed by atoms with E-state index in [9.17, 15) is 29.1 Å². The Kier molecular flexibility index (Phi) is 11.9. The molecular weight excluding hydrogens is 454 g/mol. The number of carbonyl (C=O) groups is 5. The Labute approximate surface area is 205 Å². The van der Waals surface area contributed by atoms with E-state index in [1.165, 1.54) is 0 Å². The van der Waals surface area contributed by atoms with E-state index >= 15 is 0 Å². The molecule has 194 valence electrons. The van der Waals surface area contributed by atoms with Gasteiger partial charge in [0.15, 0.2) is 0 Å². The summed E-state index contributed by atoms with van der Waals surface area (Å²) in [5.41, 5.74) is 11.6. The summed E-state index contributed by atoms with van der Waals surface area (Å²) in [7, 11) is 0. The first kappa shape index (κ1) is 29.6. The van der Waals surface area contributed by atoms with Crippen molar-refractivity contribution in [2.45, 2.75) is 71.1 Å². The molecule has 0 bridgehead atoms. The zero-order valence-electron chi connectivity index (χ0n) is 20.6. The van der Waals surface area contributed by atoms with Crippen LogP contribution in [-0.2, 0) is 30.4 Å². The Morgan fingerprint density at radius 1 is 0.886 bits per heavy atom. The van der Waals surface area contributed by atoms with Crippen LogP contribution in [0.4, 0.5) is 0 Å². The minimum Gasteiger partial charge on any atom is -0.480 e. The summed E-state index contributed by atoms with van der Waals surface area (Å²) in [5.74, 6) is -4.67. The van der Waals surface area contributed by atoms with Crippen molar-refractivity contribution in [3.63, 3.8) is 0 Å². The molecule has 0 saturated carbocycles. The molecule has 1 aromatic rings. The Hall–Kier alpha value is -3.47. The Morgan fingerprint density at radius 2 is 1.46 bits per heavy atom. The quantitative estimate of drug-likeness (QED) is 0.205. The molecule has 0 aromatic heterocycles. The monoisotopic (exact) mass is 491 g/mol. The van der Waals surface area contributed by atoms with E-state index < -0.39 is 60.2 Å². The van der Waals surface area contributed by atoms with Crippen molar-refractivity contribution < 1.29 is 29.1 Å². The number of aliphatic carboxylic acids is 1. The first-order chi connectivity index (χ1) is 16.4. The maximum Gasteiger partial charge on any atom is 0.326 e. The lowest BCUT2D eigenvalue weighted by atomic mass is 9.96. The number of carbonyl (C=O) groups excluding carboxylic acids is 4. The fourth-order valence-corrected chi connectivity index (χ4v) is 3.36. The van der Waals surface area contributed by atoms with E-state index in [1.807, 2.05) is 6.92 Å². The van der Waals surface area contributed by atoms with Gasteiger partial charge in [-0.1, -0.05) is 64.4 Å². The Balaban J connectivity index is 3.14. The van der Waals surface area contributed by atoms with E-state index in [4.69, 9.17) is 11.5 Å². The van der Waals surface area contributed by atoms with E-state index in [-0.39, 0.29) is 18.3 Å². The molecule has 0 aliphatic heterocycles. The van der Waals surface area contributed by atoms with Gasteiger partial charge in [0.2, 0.25) is 23.6 Å². The van der Waals surface area contributed by atoms with Gasteiger partial charge < -0.3 is 32.5 Å². The predicted molar refractivity (Wildman–Crippen MR) is 130 cm³/mol. The number of benzene rings is 1. The number of primary amides is 1. The highest BCUT2D eigenvalue weighted by atomic mass is 16.4.